The fraction of sp³-hybridized carbons (Fsp3) is 0.625. The predicted molar refractivity (Wildman–Crippen MR) is 79.3 cm³/mol. The van der Waals surface area contributed by atoms with Crippen molar-refractivity contribution in [3.8, 4) is 0 Å². The van der Waals surface area contributed by atoms with Gasteiger partial charge in [-0.1, -0.05) is 37.3 Å². The topological polar surface area (TPSA) is 24.5 Å². The molecule has 3 nitrogen and oxygen atoms in total. The van der Waals surface area contributed by atoms with E-state index in [0.29, 0.717) is 6.04 Å². The highest BCUT2D eigenvalue weighted by Crippen LogP contribution is 2.23. The highest BCUT2D eigenvalue weighted by atomic mass is 16.5. The molecule has 0 aliphatic carbocycles. The van der Waals surface area contributed by atoms with Gasteiger partial charge in [0.1, 0.15) is 0 Å². The van der Waals surface area contributed by atoms with Crippen LogP contribution < -0.4 is 5.32 Å². The largest absolute Gasteiger partial charge is 0.374 e. The minimum atomic E-state index is 0.235. The average molecular weight is 262 g/mol. The first-order chi connectivity index (χ1) is 9.22. The molecule has 2 unspecified atom stereocenters. The van der Waals surface area contributed by atoms with E-state index in [4.69, 9.17) is 4.74 Å². The standard InChI is InChI=1S/C16H26N2O/c1-4-17-16(14-8-6-5-7-9-14)15-12-18(13(2)3)10-11-19-15/h5-9,13,15-17H,4,10-12H2,1-3H3. The fourth-order valence-corrected chi connectivity index (χ4v) is 2.71. The third kappa shape index (κ3) is 3.78. The van der Waals surface area contributed by atoms with Crippen LogP contribution in [0.25, 0.3) is 0 Å². The predicted octanol–water partition coefficient (Wildman–Crippen LogP) is 2.45. The summed E-state index contributed by atoms with van der Waals surface area (Å²) in [6.45, 7) is 10.5. The van der Waals surface area contributed by atoms with E-state index in [-0.39, 0.29) is 12.1 Å². The monoisotopic (exact) mass is 262 g/mol. The minimum absolute atomic E-state index is 0.235. The number of morpholine rings is 1. The summed E-state index contributed by atoms with van der Waals surface area (Å²) < 4.78 is 6.02. The van der Waals surface area contributed by atoms with Crippen LogP contribution in [0, 0.1) is 0 Å². The van der Waals surface area contributed by atoms with Gasteiger partial charge in [0.15, 0.2) is 0 Å². The lowest BCUT2D eigenvalue weighted by Crippen LogP contribution is -2.50. The van der Waals surface area contributed by atoms with E-state index in [2.05, 4.69) is 61.3 Å². The van der Waals surface area contributed by atoms with Crippen LogP contribution in [0.2, 0.25) is 0 Å². The van der Waals surface area contributed by atoms with Gasteiger partial charge in [-0.15, -0.1) is 0 Å². The molecule has 2 atom stereocenters. The maximum absolute atomic E-state index is 6.02. The van der Waals surface area contributed by atoms with Crippen molar-refractivity contribution in [2.45, 2.75) is 39.0 Å². The molecule has 106 valence electrons. The molecule has 1 aromatic rings. The molecule has 1 fully saturated rings. The number of ether oxygens (including phenoxy) is 1. The molecule has 0 aromatic heterocycles. The Balaban J connectivity index is 2.10. The summed E-state index contributed by atoms with van der Waals surface area (Å²) in [6.07, 6.45) is 0.235. The molecule has 3 heteroatoms. The van der Waals surface area contributed by atoms with E-state index >= 15 is 0 Å². The van der Waals surface area contributed by atoms with Gasteiger partial charge in [-0.2, -0.15) is 0 Å². The number of nitrogens with zero attached hydrogens (tertiary/aromatic N) is 1. The van der Waals surface area contributed by atoms with Crippen molar-refractivity contribution < 1.29 is 4.74 Å². The van der Waals surface area contributed by atoms with Crippen LogP contribution >= 0.6 is 0 Å². The number of likely N-dealkylation sites (N-methyl/N-ethyl adjacent to an activating group) is 1. The van der Waals surface area contributed by atoms with Gasteiger partial charge in [0, 0.05) is 19.1 Å². The Hall–Kier alpha value is -0.900. The lowest BCUT2D eigenvalue weighted by Gasteiger charge is -2.39. The summed E-state index contributed by atoms with van der Waals surface area (Å²) in [5.74, 6) is 0. The van der Waals surface area contributed by atoms with Crippen molar-refractivity contribution >= 4 is 0 Å². The van der Waals surface area contributed by atoms with Crippen molar-refractivity contribution in [3.05, 3.63) is 35.9 Å². The SMILES string of the molecule is CCNC(c1ccccc1)C1CN(C(C)C)CCO1. The van der Waals surface area contributed by atoms with Crippen molar-refractivity contribution in [2.24, 2.45) is 0 Å². The molecule has 19 heavy (non-hydrogen) atoms. The smallest absolute Gasteiger partial charge is 0.0897 e. The van der Waals surface area contributed by atoms with Crippen LogP contribution in [-0.4, -0.2) is 43.3 Å². The van der Waals surface area contributed by atoms with E-state index in [1.54, 1.807) is 0 Å². The van der Waals surface area contributed by atoms with E-state index in [1.165, 1.54) is 5.56 Å². The van der Waals surface area contributed by atoms with Gasteiger partial charge >= 0.3 is 0 Å². The van der Waals surface area contributed by atoms with Crippen LogP contribution in [-0.2, 0) is 4.74 Å². The number of benzene rings is 1. The Kier molecular flexibility index (Phi) is 5.37. The molecule has 2 rings (SSSR count). The molecule has 1 aliphatic rings. The highest BCUT2D eigenvalue weighted by Gasteiger charge is 2.29. The third-order valence-corrected chi connectivity index (χ3v) is 3.81. The molecular weight excluding hydrogens is 236 g/mol. The van der Waals surface area contributed by atoms with Gasteiger partial charge in [-0.05, 0) is 26.0 Å². The zero-order chi connectivity index (χ0) is 13.7. The van der Waals surface area contributed by atoms with Gasteiger partial charge in [0.05, 0.1) is 18.8 Å². The van der Waals surface area contributed by atoms with Gasteiger partial charge in [0.25, 0.3) is 0 Å². The Labute approximate surface area is 116 Å². The van der Waals surface area contributed by atoms with Gasteiger partial charge < -0.3 is 10.1 Å². The van der Waals surface area contributed by atoms with Crippen molar-refractivity contribution in [3.63, 3.8) is 0 Å². The number of rotatable bonds is 5. The maximum Gasteiger partial charge on any atom is 0.0897 e. The first-order valence-electron chi connectivity index (χ1n) is 7.36. The van der Waals surface area contributed by atoms with E-state index < -0.39 is 0 Å². The molecule has 0 spiro atoms. The summed E-state index contributed by atoms with van der Waals surface area (Å²) >= 11 is 0. The van der Waals surface area contributed by atoms with Gasteiger partial charge in [-0.3, -0.25) is 4.90 Å². The van der Waals surface area contributed by atoms with Crippen molar-refractivity contribution in [2.75, 3.05) is 26.2 Å². The molecule has 0 radical (unpaired) electrons. The molecular formula is C16H26N2O. The number of hydrogen-bond donors (Lipinski definition) is 1. The molecule has 0 amide bonds. The lowest BCUT2D eigenvalue weighted by molar-refractivity contribution is -0.0558. The van der Waals surface area contributed by atoms with Crippen LogP contribution in [0.5, 0.6) is 0 Å². The van der Waals surface area contributed by atoms with Crippen molar-refractivity contribution in [1.82, 2.24) is 10.2 Å². The van der Waals surface area contributed by atoms with Gasteiger partial charge in [0.2, 0.25) is 0 Å². The normalized spacial score (nSPS) is 22.6. The first-order valence-corrected chi connectivity index (χ1v) is 7.36. The maximum atomic E-state index is 6.02. The van der Waals surface area contributed by atoms with E-state index in [1.807, 2.05) is 0 Å². The summed E-state index contributed by atoms with van der Waals surface area (Å²) in [4.78, 5) is 2.50. The quantitative estimate of drug-likeness (QED) is 0.882. The summed E-state index contributed by atoms with van der Waals surface area (Å²) in [5.41, 5.74) is 1.32. The molecule has 1 aromatic carbocycles. The second kappa shape index (κ2) is 7.04. The van der Waals surface area contributed by atoms with Crippen LogP contribution in [0.3, 0.4) is 0 Å². The molecule has 0 bridgehead atoms. The summed E-state index contributed by atoms with van der Waals surface area (Å²) in [5, 5.41) is 3.58. The molecule has 1 saturated heterocycles. The van der Waals surface area contributed by atoms with Crippen LogP contribution in [0.15, 0.2) is 30.3 Å². The number of hydrogen-bond acceptors (Lipinski definition) is 3. The second-order valence-electron chi connectivity index (χ2n) is 5.44. The number of nitrogens with one attached hydrogen (secondary N) is 1. The molecule has 1 heterocycles. The summed E-state index contributed by atoms with van der Waals surface area (Å²) in [6, 6.07) is 11.5. The zero-order valence-electron chi connectivity index (χ0n) is 12.3. The van der Waals surface area contributed by atoms with Crippen molar-refractivity contribution in [1.29, 1.82) is 0 Å². The van der Waals surface area contributed by atoms with E-state index in [0.717, 1.165) is 26.2 Å². The lowest BCUT2D eigenvalue weighted by atomic mass is 9.99. The molecule has 0 saturated carbocycles. The Bertz CT molecular complexity index is 366. The fourth-order valence-electron chi connectivity index (χ4n) is 2.71. The summed E-state index contributed by atoms with van der Waals surface area (Å²) in [7, 11) is 0. The first kappa shape index (κ1) is 14.5. The second-order valence-corrected chi connectivity index (χ2v) is 5.44. The van der Waals surface area contributed by atoms with Crippen LogP contribution in [0.4, 0.5) is 0 Å². The Morgan fingerprint density at radius 2 is 2.05 bits per heavy atom. The third-order valence-electron chi connectivity index (χ3n) is 3.81. The Morgan fingerprint density at radius 3 is 2.68 bits per heavy atom. The highest BCUT2D eigenvalue weighted by molar-refractivity contribution is 5.20. The van der Waals surface area contributed by atoms with E-state index in [9.17, 15) is 0 Å². The molecule has 1 aliphatic heterocycles. The minimum Gasteiger partial charge on any atom is -0.374 e. The Morgan fingerprint density at radius 1 is 1.32 bits per heavy atom. The van der Waals surface area contributed by atoms with Gasteiger partial charge in [-0.25, -0.2) is 0 Å². The molecule has 1 N–H and O–H groups in total. The van der Waals surface area contributed by atoms with Crippen LogP contribution in [0.1, 0.15) is 32.4 Å². The average Bonchev–Trinajstić information content (AvgIpc) is 2.46. The zero-order valence-corrected chi connectivity index (χ0v) is 12.3.